The van der Waals surface area contributed by atoms with Crippen molar-refractivity contribution >= 4 is 17.5 Å². The van der Waals surface area contributed by atoms with Crippen LogP contribution >= 0.6 is 0 Å². The Hall–Kier alpha value is -1.88. The van der Waals surface area contributed by atoms with E-state index < -0.39 is 11.8 Å². The third-order valence-electron chi connectivity index (χ3n) is 2.99. The van der Waals surface area contributed by atoms with Crippen LogP contribution in [0.15, 0.2) is 18.2 Å². The molecule has 5 nitrogen and oxygen atoms in total. The molecular formula is C13H17N3O2. The first-order chi connectivity index (χ1) is 8.70. The van der Waals surface area contributed by atoms with E-state index in [0.717, 1.165) is 19.3 Å². The van der Waals surface area contributed by atoms with E-state index in [1.54, 1.807) is 0 Å². The Morgan fingerprint density at radius 3 is 2.72 bits per heavy atom. The number of fused-ring (bicyclic) bond motifs is 1. The van der Waals surface area contributed by atoms with Gasteiger partial charge in [-0.15, -0.1) is 0 Å². The highest BCUT2D eigenvalue weighted by Gasteiger charge is 2.15. The number of carbonyl (C=O) groups excluding carboxylic acids is 2. The van der Waals surface area contributed by atoms with E-state index in [4.69, 9.17) is 5.73 Å². The van der Waals surface area contributed by atoms with E-state index >= 15 is 0 Å². The van der Waals surface area contributed by atoms with Crippen molar-refractivity contribution in [3.63, 3.8) is 0 Å². The summed E-state index contributed by atoms with van der Waals surface area (Å²) < 4.78 is 0. The molecule has 0 radical (unpaired) electrons. The molecule has 1 aromatic rings. The number of rotatable bonds is 3. The minimum Gasteiger partial charge on any atom is -0.347 e. The summed E-state index contributed by atoms with van der Waals surface area (Å²) in [5, 5.41) is 5.02. The normalized spacial score (nSPS) is 12.9. The first-order valence-corrected chi connectivity index (χ1v) is 6.12. The molecule has 0 aromatic heterocycles. The van der Waals surface area contributed by atoms with Crippen LogP contribution in [0.3, 0.4) is 0 Å². The van der Waals surface area contributed by atoms with Crippen molar-refractivity contribution in [1.82, 2.24) is 5.32 Å². The van der Waals surface area contributed by atoms with Gasteiger partial charge in [0.15, 0.2) is 0 Å². The molecule has 0 fully saturated rings. The van der Waals surface area contributed by atoms with Gasteiger partial charge in [0.2, 0.25) is 0 Å². The van der Waals surface area contributed by atoms with Crippen molar-refractivity contribution < 1.29 is 9.59 Å². The smallest absolute Gasteiger partial charge is 0.313 e. The number of hydrogen-bond acceptors (Lipinski definition) is 3. The largest absolute Gasteiger partial charge is 0.347 e. The lowest BCUT2D eigenvalue weighted by Gasteiger charge is -2.07. The summed E-state index contributed by atoms with van der Waals surface area (Å²) in [4.78, 5) is 22.9. The molecular weight excluding hydrogens is 230 g/mol. The van der Waals surface area contributed by atoms with Gasteiger partial charge in [0.1, 0.15) is 0 Å². The molecule has 0 unspecified atom stereocenters. The maximum absolute atomic E-state index is 11.6. The Morgan fingerprint density at radius 1 is 1.17 bits per heavy atom. The minimum atomic E-state index is -0.652. The maximum atomic E-state index is 11.6. The zero-order valence-corrected chi connectivity index (χ0v) is 10.2. The van der Waals surface area contributed by atoms with Gasteiger partial charge in [0, 0.05) is 18.8 Å². The summed E-state index contributed by atoms with van der Waals surface area (Å²) >= 11 is 0. The van der Waals surface area contributed by atoms with E-state index in [0.29, 0.717) is 18.8 Å². The van der Waals surface area contributed by atoms with Crippen LogP contribution in [0.1, 0.15) is 17.5 Å². The van der Waals surface area contributed by atoms with Crippen LogP contribution in [-0.2, 0) is 22.4 Å². The Bertz CT molecular complexity index is 471. The van der Waals surface area contributed by atoms with E-state index in [1.165, 1.54) is 11.1 Å². The second-order valence-corrected chi connectivity index (χ2v) is 4.34. The van der Waals surface area contributed by atoms with Crippen molar-refractivity contribution in [2.75, 3.05) is 18.4 Å². The van der Waals surface area contributed by atoms with Crippen molar-refractivity contribution in [2.24, 2.45) is 5.73 Å². The summed E-state index contributed by atoms with van der Waals surface area (Å²) in [7, 11) is 0. The summed E-state index contributed by atoms with van der Waals surface area (Å²) in [6.45, 7) is 0.619. The first kappa shape index (κ1) is 12.6. The Balaban J connectivity index is 1.97. The number of nitrogens with one attached hydrogen (secondary N) is 2. The predicted octanol–water partition coefficient (Wildman–Crippen LogP) is 0.189. The zero-order valence-electron chi connectivity index (χ0n) is 10.2. The average Bonchev–Trinajstić information content (AvgIpc) is 2.83. The van der Waals surface area contributed by atoms with Crippen molar-refractivity contribution in [1.29, 1.82) is 0 Å². The highest BCUT2D eigenvalue weighted by molar-refractivity contribution is 6.39. The van der Waals surface area contributed by atoms with Gasteiger partial charge in [0.05, 0.1) is 0 Å². The average molecular weight is 247 g/mol. The molecule has 2 rings (SSSR count). The highest BCUT2D eigenvalue weighted by Crippen LogP contribution is 2.24. The lowest BCUT2D eigenvalue weighted by Crippen LogP contribution is -2.37. The van der Waals surface area contributed by atoms with Crippen molar-refractivity contribution in [3.05, 3.63) is 29.3 Å². The lowest BCUT2D eigenvalue weighted by molar-refractivity contribution is -0.136. The fourth-order valence-electron chi connectivity index (χ4n) is 2.10. The topological polar surface area (TPSA) is 84.2 Å². The third-order valence-corrected chi connectivity index (χ3v) is 2.99. The van der Waals surface area contributed by atoms with Crippen molar-refractivity contribution in [3.8, 4) is 0 Å². The molecule has 4 N–H and O–H groups in total. The first-order valence-electron chi connectivity index (χ1n) is 6.12. The SMILES string of the molecule is NCCNC(=O)C(=O)Nc1ccc2c(c1)CCC2. The Morgan fingerprint density at radius 2 is 1.94 bits per heavy atom. The maximum Gasteiger partial charge on any atom is 0.313 e. The van der Waals surface area contributed by atoms with Gasteiger partial charge < -0.3 is 16.4 Å². The number of anilines is 1. The van der Waals surface area contributed by atoms with Crippen LogP contribution in [0.25, 0.3) is 0 Å². The van der Waals surface area contributed by atoms with Crippen LogP contribution < -0.4 is 16.4 Å². The van der Waals surface area contributed by atoms with E-state index in [2.05, 4.69) is 10.6 Å². The van der Waals surface area contributed by atoms with Gasteiger partial charge in [0.25, 0.3) is 0 Å². The molecule has 2 amide bonds. The predicted molar refractivity (Wildman–Crippen MR) is 69.2 cm³/mol. The minimum absolute atomic E-state index is 0.302. The van der Waals surface area contributed by atoms with Crippen LogP contribution in [0, 0.1) is 0 Å². The quantitative estimate of drug-likeness (QED) is 0.667. The molecule has 1 aliphatic rings. The fraction of sp³-hybridized carbons (Fsp3) is 0.385. The number of benzene rings is 1. The second-order valence-electron chi connectivity index (χ2n) is 4.34. The highest BCUT2D eigenvalue weighted by atomic mass is 16.2. The molecule has 18 heavy (non-hydrogen) atoms. The summed E-state index contributed by atoms with van der Waals surface area (Å²) in [5.74, 6) is -1.30. The molecule has 0 aliphatic heterocycles. The number of aryl methyl sites for hydroxylation is 2. The summed E-state index contributed by atoms with van der Waals surface area (Å²) in [6.07, 6.45) is 3.29. The van der Waals surface area contributed by atoms with Gasteiger partial charge in [-0.2, -0.15) is 0 Å². The van der Waals surface area contributed by atoms with Crippen molar-refractivity contribution in [2.45, 2.75) is 19.3 Å². The number of nitrogens with two attached hydrogens (primary N) is 1. The molecule has 0 saturated carbocycles. The molecule has 5 heteroatoms. The number of hydrogen-bond donors (Lipinski definition) is 3. The molecule has 0 bridgehead atoms. The Kier molecular flexibility index (Phi) is 3.94. The van der Waals surface area contributed by atoms with E-state index in [1.807, 2.05) is 18.2 Å². The van der Waals surface area contributed by atoms with Gasteiger partial charge in [-0.25, -0.2) is 0 Å². The van der Waals surface area contributed by atoms with Gasteiger partial charge in [-0.1, -0.05) is 6.07 Å². The summed E-state index contributed by atoms with van der Waals surface area (Å²) in [6, 6.07) is 5.78. The molecule has 1 aliphatic carbocycles. The number of amides is 2. The van der Waals surface area contributed by atoms with Gasteiger partial charge in [-0.05, 0) is 42.5 Å². The lowest BCUT2D eigenvalue weighted by atomic mass is 10.1. The van der Waals surface area contributed by atoms with Gasteiger partial charge in [-0.3, -0.25) is 9.59 Å². The molecule has 0 spiro atoms. The van der Waals surface area contributed by atoms with Gasteiger partial charge >= 0.3 is 11.8 Å². The standard InChI is InChI=1S/C13H17N3O2/c14-6-7-15-12(17)13(18)16-11-5-4-9-2-1-3-10(9)8-11/h4-5,8H,1-3,6-7,14H2,(H,15,17)(H,16,18). The molecule has 96 valence electrons. The van der Waals surface area contributed by atoms with Crippen LogP contribution in [0.2, 0.25) is 0 Å². The third kappa shape index (κ3) is 2.87. The van der Waals surface area contributed by atoms with Crippen LogP contribution in [0.5, 0.6) is 0 Å². The second kappa shape index (κ2) is 5.64. The molecule has 0 heterocycles. The number of carbonyl (C=O) groups is 2. The monoisotopic (exact) mass is 247 g/mol. The zero-order chi connectivity index (χ0) is 13.0. The van der Waals surface area contributed by atoms with E-state index in [9.17, 15) is 9.59 Å². The molecule has 0 atom stereocenters. The Labute approximate surface area is 106 Å². The fourth-order valence-corrected chi connectivity index (χ4v) is 2.10. The molecule has 1 aromatic carbocycles. The van der Waals surface area contributed by atoms with Crippen LogP contribution in [-0.4, -0.2) is 24.9 Å². The van der Waals surface area contributed by atoms with Crippen LogP contribution in [0.4, 0.5) is 5.69 Å². The molecule has 0 saturated heterocycles. The summed E-state index contributed by atoms with van der Waals surface area (Å²) in [5.41, 5.74) is 8.51. The van der Waals surface area contributed by atoms with E-state index in [-0.39, 0.29) is 0 Å².